The lowest BCUT2D eigenvalue weighted by atomic mass is 9.81. The predicted octanol–water partition coefficient (Wildman–Crippen LogP) is 3.91. The van der Waals surface area contributed by atoms with E-state index < -0.39 is 0 Å². The van der Waals surface area contributed by atoms with Gasteiger partial charge in [0.25, 0.3) is 0 Å². The zero-order valence-electron chi connectivity index (χ0n) is 14.0. The highest BCUT2D eigenvalue weighted by atomic mass is 15.2. The third-order valence-corrected chi connectivity index (χ3v) is 5.74. The van der Waals surface area contributed by atoms with Crippen molar-refractivity contribution in [2.75, 3.05) is 26.2 Å². The van der Waals surface area contributed by atoms with Gasteiger partial charge in [-0.2, -0.15) is 0 Å². The molecule has 0 aromatic rings. The summed E-state index contributed by atoms with van der Waals surface area (Å²) < 4.78 is 0. The number of nitrogens with zero attached hydrogens (tertiary/aromatic N) is 1. The van der Waals surface area contributed by atoms with Crippen LogP contribution in [0, 0.1) is 17.8 Å². The summed E-state index contributed by atoms with van der Waals surface area (Å²) in [5, 5.41) is 3.77. The molecule has 2 fully saturated rings. The summed E-state index contributed by atoms with van der Waals surface area (Å²) in [6, 6.07) is 0.716. The first-order valence-corrected chi connectivity index (χ1v) is 9.14. The molecule has 2 nitrogen and oxygen atoms in total. The molecule has 2 heteroatoms. The zero-order valence-corrected chi connectivity index (χ0v) is 14.0. The average molecular weight is 280 g/mol. The molecule has 20 heavy (non-hydrogen) atoms. The largest absolute Gasteiger partial charge is 0.312 e. The highest BCUT2D eigenvalue weighted by Crippen LogP contribution is 2.30. The van der Waals surface area contributed by atoms with E-state index in [-0.39, 0.29) is 0 Å². The van der Waals surface area contributed by atoms with Gasteiger partial charge < -0.3 is 10.2 Å². The average Bonchev–Trinajstić information content (AvgIpc) is 2.70. The minimum absolute atomic E-state index is 0.716. The lowest BCUT2D eigenvalue weighted by Gasteiger charge is -2.31. The van der Waals surface area contributed by atoms with Crippen LogP contribution in [0.3, 0.4) is 0 Å². The van der Waals surface area contributed by atoms with Crippen molar-refractivity contribution < 1.29 is 0 Å². The number of nitrogens with one attached hydrogen (secondary N) is 1. The maximum atomic E-state index is 3.77. The summed E-state index contributed by atoms with van der Waals surface area (Å²) in [4.78, 5) is 2.75. The SMILES string of the molecule is CCC(C)C1CN(CCC2CCCC(C)C2)CCCN1. The van der Waals surface area contributed by atoms with Crippen molar-refractivity contribution in [3.05, 3.63) is 0 Å². The minimum atomic E-state index is 0.716. The zero-order chi connectivity index (χ0) is 14.4. The van der Waals surface area contributed by atoms with Crippen molar-refractivity contribution in [3.63, 3.8) is 0 Å². The van der Waals surface area contributed by atoms with E-state index in [2.05, 4.69) is 31.0 Å². The van der Waals surface area contributed by atoms with Crippen LogP contribution in [0.15, 0.2) is 0 Å². The Labute approximate surface area is 126 Å². The molecule has 0 amide bonds. The Balaban J connectivity index is 1.75. The van der Waals surface area contributed by atoms with Gasteiger partial charge in [-0.1, -0.05) is 46.5 Å². The van der Waals surface area contributed by atoms with E-state index >= 15 is 0 Å². The molecule has 1 N–H and O–H groups in total. The molecule has 4 unspecified atom stereocenters. The van der Waals surface area contributed by atoms with E-state index in [1.54, 1.807) is 0 Å². The van der Waals surface area contributed by atoms with Gasteiger partial charge in [0, 0.05) is 12.6 Å². The summed E-state index contributed by atoms with van der Waals surface area (Å²) in [6.45, 7) is 12.3. The van der Waals surface area contributed by atoms with Crippen molar-refractivity contribution in [3.8, 4) is 0 Å². The van der Waals surface area contributed by atoms with Gasteiger partial charge in [-0.15, -0.1) is 0 Å². The van der Waals surface area contributed by atoms with Gasteiger partial charge in [-0.25, -0.2) is 0 Å². The number of hydrogen-bond acceptors (Lipinski definition) is 2. The summed E-state index contributed by atoms with van der Waals surface area (Å²) in [6.07, 6.45) is 9.99. The maximum absolute atomic E-state index is 3.77. The van der Waals surface area contributed by atoms with Crippen LogP contribution in [-0.4, -0.2) is 37.1 Å². The van der Waals surface area contributed by atoms with E-state index in [1.165, 1.54) is 71.1 Å². The van der Waals surface area contributed by atoms with Crippen molar-refractivity contribution in [2.24, 2.45) is 17.8 Å². The Kier molecular flexibility index (Phi) is 6.83. The number of rotatable bonds is 5. The summed E-state index contributed by atoms with van der Waals surface area (Å²) in [7, 11) is 0. The summed E-state index contributed by atoms with van der Waals surface area (Å²) in [5.74, 6) is 2.80. The van der Waals surface area contributed by atoms with Crippen LogP contribution in [0.2, 0.25) is 0 Å². The molecule has 4 atom stereocenters. The van der Waals surface area contributed by atoms with Gasteiger partial charge in [0.1, 0.15) is 0 Å². The molecular weight excluding hydrogens is 244 g/mol. The minimum Gasteiger partial charge on any atom is -0.312 e. The van der Waals surface area contributed by atoms with Gasteiger partial charge in [0.2, 0.25) is 0 Å². The quantitative estimate of drug-likeness (QED) is 0.821. The molecule has 0 spiro atoms. The second kappa shape index (κ2) is 8.38. The molecule has 1 aliphatic carbocycles. The molecular formula is C18H36N2. The van der Waals surface area contributed by atoms with Crippen molar-refractivity contribution in [1.82, 2.24) is 10.2 Å². The smallest absolute Gasteiger partial charge is 0.0220 e. The van der Waals surface area contributed by atoms with E-state index in [4.69, 9.17) is 0 Å². The summed E-state index contributed by atoms with van der Waals surface area (Å²) >= 11 is 0. The van der Waals surface area contributed by atoms with E-state index in [1.807, 2.05) is 0 Å². The van der Waals surface area contributed by atoms with E-state index in [9.17, 15) is 0 Å². The molecule has 1 saturated carbocycles. The second-order valence-corrected chi connectivity index (χ2v) is 7.53. The lowest BCUT2D eigenvalue weighted by molar-refractivity contribution is 0.197. The van der Waals surface area contributed by atoms with Crippen LogP contribution >= 0.6 is 0 Å². The van der Waals surface area contributed by atoms with Crippen LogP contribution in [0.1, 0.15) is 65.7 Å². The van der Waals surface area contributed by atoms with E-state index in [0.717, 1.165) is 17.8 Å². The molecule has 0 aromatic heterocycles. The third kappa shape index (κ3) is 5.04. The Bertz CT molecular complexity index is 266. The molecule has 1 aliphatic heterocycles. The van der Waals surface area contributed by atoms with Crippen LogP contribution in [0.25, 0.3) is 0 Å². The standard InChI is InChI=1S/C18H36N2/c1-4-16(3)18-14-20(11-6-10-19-18)12-9-17-8-5-7-15(2)13-17/h15-19H,4-14H2,1-3H3. The van der Waals surface area contributed by atoms with Crippen LogP contribution < -0.4 is 5.32 Å². The highest BCUT2D eigenvalue weighted by Gasteiger charge is 2.23. The fourth-order valence-corrected chi connectivity index (χ4v) is 4.08. The third-order valence-electron chi connectivity index (χ3n) is 5.74. The molecule has 0 aromatic carbocycles. The normalized spacial score (nSPS) is 34.6. The van der Waals surface area contributed by atoms with Gasteiger partial charge in [0.05, 0.1) is 0 Å². The first kappa shape index (κ1) is 16.3. The number of hydrogen-bond donors (Lipinski definition) is 1. The van der Waals surface area contributed by atoms with Gasteiger partial charge in [0.15, 0.2) is 0 Å². The second-order valence-electron chi connectivity index (χ2n) is 7.53. The van der Waals surface area contributed by atoms with Crippen LogP contribution in [-0.2, 0) is 0 Å². The molecule has 1 heterocycles. The first-order valence-electron chi connectivity index (χ1n) is 9.14. The first-order chi connectivity index (χ1) is 9.69. The Morgan fingerprint density at radius 3 is 2.85 bits per heavy atom. The highest BCUT2D eigenvalue weighted by molar-refractivity contribution is 4.81. The molecule has 0 radical (unpaired) electrons. The van der Waals surface area contributed by atoms with Crippen molar-refractivity contribution in [1.29, 1.82) is 0 Å². The summed E-state index contributed by atoms with van der Waals surface area (Å²) in [5.41, 5.74) is 0. The molecule has 118 valence electrons. The van der Waals surface area contributed by atoms with E-state index in [0.29, 0.717) is 6.04 Å². The van der Waals surface area contributed by atoms with Crippen molar-refractivity contribution in [2.45, 2.75) is 71.8 Å². The Morgan fingerprint density at radius 1 is 1.25 bits per heavy atom. The monoisotopic (exact) mass is 280 g/mol. The Morgan fingerprint density at radius 2 is 2.10 bits per heavy atom. The predicted molar refractivity (Wildman–Crippen MR) is 88.0 cm³/mol. The molecule has 2 aliphatic rings. The topological polar surface area (TPSA) is 15.3 Å². The molecule has 0 bridgehead atoms. The molecule has 1 saturated heterocycles. The van der Waals surface area contributed by atoms with Gasteiger partial charge in [-0.05, 0) is 56.7 Å². The lowest BCUT2D eigenvalue weighted by Crippen LogP contribution is -2.42. The maximum Gasteiger partial charge on any atom is 0.0220 e. The van der Waals surface area contributed by atoms with Gasteiger partial charge in [-0.3, -0.25) is 0 Å². The fourth-order valence-electron chi connectivity index (χ4n) is 4.08. The van der Waals surface area contributed by atoms with Crippen LogP contribution in [0.5, 0.6) is 0 Å². The molecule has 2 rings (SSSR count). The van der Waals surface area contributed by atoms with Crippen LogP contribution in [0.4, 0.5) is 0 Å². The van der Waals surface area contributed by atoms with Crippen molar-refractivity contribution >= 4 is 0 Å². The Hall–Kier alpha value is -0.0800. The fraction of sp³-hybridized carbons (Fsp3) is 1.00. The van der Waals surface area contributed by atoms with Gasteiger partial charge >= 0.3 is 0 Å².